The second kappa shape index (κ2) is 4.05. The lowest BCUT2D eigenvalue weighted by atomic mass is 10.1. The Morgan fingerprint density at radius 2 is 1.93 bits per heavy atom. The van der Waals surface area contributed by atoms with Gasteiger partial charge in [-0.2, -0.15) is 0 Å². The maximum absolute atomic E-state index is 12.0. The highest BCUT2D eigenvalue weighted by atomic mass is 16.2. The topological polar surface area (TPSA) is 20.3 Å². The standard InChI is InChI=1S/C13H17NO/c1-10(11-8-9-11)14(2)13(15)12-6-4-3-5-7-12/h3-7,10-11H,8-9H2,1-2H3. The molecule has 0 aromatic heterocycles. The van der Waals surface area contributed by atoms with Crippen LogP contribution >= 0.6 is 0 Å². The van der Waals surface area contributed by atoms with Crippen LogP contribution in [0.4, 0.5) is 0 Å². The van der Waals surface area contributed by atoms with Crippen molar-refractivity contribution in [2.75, 3.05) is 7.05 Å². The number of benzene rings is 1. The van der Waals surface area contributed by atoms with Crippen LogP contribution in [0.3, 0.4) is 0 Å². The van der Waals surface area contributed by atoms with E-state index in [0.717, 1.165) is 11.5 Å². The Kier molecular flexibility index (Phi) is 2.76. The monoisotopic (exact) mass is 203 g/mol. The highest BCUT2D eigenvalue weighted by Gasteiger charge is 2.32. The summed E-state index contributed by atoms with van der Waals surface area (Å²) in [5.74, 6) is 0.859. The van der Waals surface area contributed by atoms with Crippen molar-refractivity contribution < 1.29 is 4.79 Å². The normalized spacial score (nSPS) is 17.2. The number of nitrogens with zero attached hydrogens (tertiary/aromatic N) is 1. The van der Waals surface area contributed by atoms with Crippen molar-refractivity contribution in [1.82, 2.24) is 4.90 Å². The maximum Gasteiger partial charge on any atom is 0.253 e. The van der Waals surface area contributed by atoms with Gasteiger partial charge < -0.3 is 4.90 Å². The quantitative estimate of drug-likeness (QED) is 0.739. The van der Waals surface area contributed by atoms with E-state index in [0.29, 0.717) is 6.04 Å². The van der Waals surface area contributed by atoms with Crippen molar-refractivity contribution in [3.8, 4) is 0 Å². The van der Waals surface area contributed by atoms with Crippen molar-refractivity contribution in [3.05, 3.63) is 35.9 Å². The minimum atomic E-state index is 0.134. The number of amides is 1. The molecule has 1 aliphatic rings. The average Bonchev–Trinajstić information content (AvgIpc) is 3.11. The van der Waals surface area contributed by atoms with Crippen molar-refractivity contribution in [2.24, 2.45) is 5.92 Å². The van der Waals surface area contributed by atoms with Gasteiger partial charge in [-0.3, -0.25) is 4.79 Å². The first-order valence-electron chi connectivity index (χ1n) is 5.52. The van der Waals surface area contributed by atoms with Gasteiger partial charge in [0, 0.05) is 18.7 Å². The molecule has 0 bridgehead atoms. The number of carbonyl (C=O) groups excluding carboxylic acids is 1. The van der Waals surface area contributed by atoms with E-state index in [-0.39, 0.29) is 5.91 Å². The fourth-order valence-electron chi connectivity index (χ4n) is 1.86. The first-order valence-corrected chi connectivity index (χ1v) is 5.52. The van der Waals surface area contributed by atoms with Gasteiger partial charge in [-0.1, -0.05) is 18.2 Å². The zero-order valence-corrected chi connectivity index (χ0v) is 9.31. The Morgan fingerprint density at radius 1 is 1.33 bits per heavy atom. The fraction of sp³-hybridized carbons (Fsp3) is 0.462. The molecule has 0 aliphatic heterocycles. The molecule has 0 saturated heterocycles. The number of rotatable bonds is 3. The molecule has 1 saturated carbocycles. The van der Waals surface area contributed by atoms with Crippen LogP contribution in [0.15, 0.2) is 30.3 Å². The molecule has 1 aromatic rings. The molecule has 0 heterocycles. The summed E-state index contributed by atoms with van der Waals surface area (Å²) >= 11 is 0. The molecule has 2 nitrogen and oxygen atoms in total. The second-order valence-electron chi connectivity index (χ2n) is 4.36. The molecule has 2 rings (SSSR count). The van der Waals surface area contributed by atoms with Crippen LogP contribution in [-0.4, -0.2) is 23.9 Å². The summed E-state index contributed by atoms with van der Waals surface area (Å²) in [5.41, 5.74) is 0.785. The Balaban J connectivity index is 2.07. The van der Waals surface area contributed by atoms with Crippen molar-refractivity contribution >= 4 is 5.91 Å². The number of carbonyl (C=O) groups is 1. The minimum Gasteiger partial charge on any atom is -0.339 e. The van der Waals surface area contributed by atoms with Crippen LogP contribution in [0.5, 0.6) is 0 Å². The summed E-state index contributed by atoms with van der Waals surface area (Å²) in [5, 5.41) is 0. The SMILES string of the molecule is CC(C1CC1)N(C)C(=O)c1ccccc1. The van der Waals surface area contributed by atoms with E-state index in [4.69, 9.17) is 0 Å². The largest absolute Gasteiger partial charge is 0.339 e. The third kappa shape index (κ3) is 2.20. The molecular weight excluding hydrogens is 186 g/mol. The maximum atomic E-state index is 12.0. The number of hydrogen-bond donors (Lipinski definition) is 0. The van der Waals surface area contributed by atoms with E-state index in [1.54, 1.807) is 0 Å². The summed E-state index contributed by atoms with van der Waals surface area (Å²) < 4.78 is 0. The van der Waals surface area contributed by atoms with E-state index in [2.05, 4.69) is 6.92 Å². The van der Waals surface area contributed by atoms with E-state index in [9.17, 15) is 4.79 Å². The van der Waals surface area contributed by atoms with E-state index < -0.39 is 0 Å². The van der Waals surface area contributed by atoms with Crippen LogP contribution in [0.2, 0.25) is 0 Å². The molecule has 1 fully saturated rings. The Hall–Kier alpha value is -1.31. The molecular formula is C13H17NO. The molecule has 1 atom stereocenters. The van der Waals surface area contributed by atoms with Crippen LogP contribution in [0.25, 0.3) is 0 Å². The molecule has 80 valence electrons. The lowest BCUT2D eigenvalue weighted by molar-refractivity contribution is 0.0727. The molecule has 15 heavy (non-hydrogen) atoms. The summed E-state index contributed by atoms with van der Waals surface area (Å²) in [4.78, 5) is 13.9. The smallest absolute Gasteiger partial charge is 0.253 e. The van der Waals surface area contributed by atoms with Gasteiger partial charge in [-0.15, -0.1) is 0 Å². The van der Waals surface area contributed by atoms with E-state index in [1.807, 2.05) is 42.3 Å². The second-order valence-corrected chi connectivity index (χ2v) is 4.36. The van der Waals surface area contributed by atoms with Crippen molar-refractivity contribution in [2.45, 2.75) is 25.8 Å². The Bertz CT molecular complexity index is 343. The third-order valence-corrected chi connectivity index (χ3v) is 3.26. The summed E-state index contributed by atoms with van der Waals surface area (Å²) in [7, 11) is 1.90. The molecule has 1 aliphatic carbocycles. The molecule has 0 N–H and O–H groups in total. The molecule has 0 spiro atoms. The van der Waals surface area contributed by atoms with Crippen molar-refractivity contribution in [3.63, 3.8) is 0 Å². The van der Waals surface area contributed by atoms with Crippen LogP contribution in [-0.2, 0) is 0 Å². The van der Waals surface area contributed by atoms with Crippen LogP contribution in [0.1, 0.15) is 30.1 Å². The first kappa shape index (κ1) is 10.2. The van der Waals surface area contributed by atoms with Gasteiger partial charge >= 0.3 is 0 Å². The fourth-order valence-corrected chi connectivity index (χ4v) is 1.86. The molecule has 1 unspecified atom stereocenters. The van der Waals surface area contributed by atoms with Gasteiger partial charge in [0.05, 0.1) is 0 Å². The minimum absolute atomic E-state index is 0.134. The van der Waals surface area contributed by atoms with Gasteiger partial charge in [0.2, 0.25) is 0 Å². The van der Waals surface area contributed by atoms with Crippen LogP contribution < -0.4 is 0 Å². The van der Waals surface area contributed by atoms with Gasteiger partial charge in [0.25, 0.3) is 5.91 Å². The van der Waals surface area contributed by atoms with Gasteiger partial charge in [0.15, 0.2) is 0 Å². The first-order chi connectivity index (χ1) is 7.20. The van der Waals surface area contributed by atoms with Gasteiger partial charge in [-0.25, -0.2) is 0 Å². The predicted molar refractivity (Wildman–Crippen MR) is 60.7 cm³/mol. The van der Waals surface area contributed by atoms with Gasteiger partial charge in [-0.05, 0) is 37.8 Å². The predicted octanol–water partition coefficient (Wildman–Crippen LogP) is 2.56. The van der Waals surface area contributed by atoms with Crippen LogP contribution in [0, 0.1) is 5.92 Å². The molecule has 1 aromatic carbocycles. The van der Waals surface area contributed by atoms with Gasteiger partial charge in [0.1, 0.15) is 0 Å². The zero-order valence-electron chi connectivity index (χ0n) is 9.31. The molecule has 0 radical (unpaired) electrons. The Labute approximate surface area is 90.9 Å². The lowest BCUT2D eigenvalue weighted by Crippen LogP contribution is -2.36. The lowest BCUT2D eigenvalue weighted by Gasteiger charge is -2.24. The Morgan fingerprint density at radius 3 is 2.47 bits per heavy atom. The average molecular weight is 203 g/mol. The molecule has 1 amide bonds. The van der Waals surface area contributed by atoms with Crippen molar-refractivity contribution in [1.29, 1.82) is 0 Å². The third-order valence-electron chi connectivity index (χ3n) is 3.26. The highest BCUT2D eigenvalue weighted by molar-refractivity contribution is 5.94. The summed E-state index contributed by atoms with van der Waals surface area (Å²) in [6.07, 6.45) is 2.54. The van der Waals surface area contributed by atoms with E-state index >= 15 is 0 Å². The highest BCUT2D eigenvalue weighted by Crippen LogP contribution is 2.34. The number of hydrogen-bond acceptors (Lipinski definition) is 1. The summed E-state index contributed by atoms with van der Waals surface area (Å²) in [6.45, 7) is 2.14. The molecule has 2 heteroatoms. The summed E-state index contributed by atoms with van der Waals surface area (Å²) in [6, 6.07) is 9.86. The van der Waals surface area contributed by atoms with E-state index in [1.165, 1.54) is 12.8 Å². The zero-order chi connectivity index (χ0) is 10.8.